The smallest absolute Gasteiger partial charge is 0.257 e. The first-order valence-electron chi connectivity index (χ1n) is 9.25. The van der Waals surface area contributed by atoms with Crippen molar-refractivity contribution >= 4 is 33.7 Å². The van der Waals surface area contributed by atoms with E-state index in [1.165, 1.54) is 22.7 Å². The fraction of sp³-hybridized carbons (Fsp3) is 0.136. The molecule has 0 aliphatic rings. The average Bonchev–Trinajstić information content (AvgIpc) is 3.50. The third kappa shape index (κ3) is 5.01. The van der Waals surface area contributed by atoms with E-state index in [0.29, 0.717) is 40.2 Å². The summed E-state index contributed by atoms with van der Waals surface area (Å²) in [6.07, 6.45) is 0. The number of nitrogens with zero attached hydrogens (tertiary/aromatic N) is 2. The zero-order valence-corrected chi connectivity index (χ0v) is 18.5. The van der Waals surface area contributed by atoms with Crippen molar-refractivity contribution in [1.29, 1.82) is 0 Å². The average molecular weight is 454 g/mol. The second kappa shape index (κ2) is 9.59. The third-order valence-corrected chi connectivity index (χ3v) is 5.79. The van der Waals surface area contributed by atoms with E-state index in [0.717, 1.165) is 11.3 Å². The summed E-state index contributed by atoms with van der Waals surface area (Å²) < 4.78 is 16.4. The van der Waals surface area contributed by atoms with Crippen LogP contribution in [0.2, 0.25) is 0 Å². The molecule has 31 heavy (non-hydrogen) atoms. The standard InChI is InChI=1S/C22H19N3O4S2/c1-27-17-7-8-20(28-2)18(9-17)19-12-31-22(24-19)25-21(26)14-3-5-16(6-4-14)29-10-15-11-30-13-23-15/h3-9,11-13H,10H2,1-2H3,(H,24,25,26). The highest BCUT2D eigenvalue weighted by Crippen LogP contribution is 2.35. The highest BCUT2D eigenvalue weighted by molar-refractivity contribution is 7.14. The molecule has 2 aromatic carbocycles. The third-order valence-electron chi connectivity index (χ3n) is 4.39. The number of ether oxygens (including phenoxy) is 3. The molecule has 0 bridgehead atoms. The van der Waals surface area contributed by atoms with Crippen LogP contribution in [0.5, 0.6) is 17.2 Å². The quantitative estimate of drug-likeness (QED) is 0.399. The van der Waals surface area contributed by atoms with Crippen molar-refractivity contribution in [3.63, 3.8) is 0 Å². The van der Waals surface area contributed by atoms with Gasteiger partial charge in [0.2, 0.25) is 0 Å². The molecule has 0 fully saturated rings. The number of nitrogens with one attached hydrogen (secondary N) is 1. The van der Waals surface area contributed by atoms with Gasteiger partial charge in [-0.25, -0.2) is 9.97 Å². The Morgan fingerprint density at radius 2 is 1.84 bits per heavy atom. The molecule has 2 heterocycles. The minimum absolute atomic E-state index is 0.246. The summed E-state index contributed by atoms with van der Waals surface area (Å²) in [5.41, 5.74) is 4.64. The Balaban J connectivity index is 1.42. The number of methoxy groups -OCH3 is 2. The van der Waals surface area contributed by atoms with Crippen LogP contribution < -0.4 is 19.5 Å². The van der Waals surface area contributed by atoms with Crippen molar-refractivity contribution in [2.45, 2.75) is 6.61 Å². The molecule has 0 saturated carbocycles. The van der Waals surface area contributed by atoms with Crippen molar-refractivity contribution in [1.82, 2.24) is 9.97 Å². The Hall–Kier alpha value is -3.43. The van der Waals surface area contributed by atoms with Gasteiger partial charge in [0, 0.05) is 21.9 Å². The fourth-order valence-corrected chi connectivity index (χ4v) is 4.06. The van der Waals surface area contributed by atoms with Crippen LogP contribution in [0, 0.1) is 0 Å². The summed E-state index contributed by atoms with van der Waals surface area (Å²) in [6, 6.07) is 12.4. The van der Waals surface area contributed by atoms with E-state index in [2.05, 4.69) is 15.3 Å². The predicted octanol–water partition coefficient (Wildman–Crippen LogP) is 5.12. The first-order valence-corrected chi connectivity index (χ1v) is 11.1. The zero-order valence-electron chi connectivity index (χ0n) is 16.8. The number of hydrogen-bond acceptors (Lipinski definition) is 8. The lowest BCUT2D eigenvalue weighted by molar-refractivity contribution is 0.102. The van der Waals surface area contributed by atoms with E-state index in [4.69, 9.17) is 14.2 Å². The molecule has 1 amide bonds. The van der Waals surface area contributed by atoms with Crippen LogP contribution in [0.25, 0.3) is 11.3 Å². The van der Waals surface area contributed by atoms with E-state index >= 15 is 0 Å². The predicted molar refractivity (Wildman–Crippen MR) is 121 cm³/mol. The summed E-state index contributed by atoms with van der Waals surface area (Å²) in [7, 11) is 3.21. The highest BCUT2D eigenvalue weighted by Gasteiger charge is 2.14. The number of benzene rings is 2. The molecule has 158 valence electrons. The van der Waals surface area contributed by atoms with Gasteiger partial charge in [0.1, 0.15) is 23.9 Å². The van der Waals surface area contributed by atoms with Crippen molar-refractivity contribution in [2.75, 3.05) is 19.5 Å². The van der Waals surface area contributed by atoms with Gasteiger partial charge in [0.15, 0.2) is 5.13 Å². The maximum absolute atomic E-state index is 12.6. The Kier molecular flexibility index (Phi) is 6.44. The van der Waals surface area contributed by atoms with Crippen LogP contribution in [-0.2, 0) is 6.61 Å². The van der Waals surface area contributed by atoms with Crippen molar-refractivity contribution in [2.24, 2.45) is 0 Å². The fourth-order valence-electron chi connectivity index (χ4n) is 2.81. The Labute approximate surface area is 187 Å². The number of rotatable bonds is 8. The van der Waals surface area contributed by atoms with E-state index < -0.39 is 0 Å². The Bertz CT molecular complexity index is 1160. The maximum atomic E-state index is 12.6. The topological polar surface area (TPSA) is 82.6 Å². The van der Waals surface area contributed by atoms with Gasteiger partial charge in [-0.05, 0) is 42.5 Å². The number of aromatic nitrogens is 2. The van der Waals surface area contributed by atoms with Crippen LogP contribution in [0.4, 0.5) is 5.13 Å². The van der Waals surface area contributed by atoms with Gasteiger partial charge in [0.25, 0.3) is 5.91 Å². The van der Waals surface area contributed by atoms with Crippen molar-refractivity contribution in [3.05, 3.63) is 70.0 Å². The molecular weight excluding hydrogens is 434 g/mol. The summed E-state index contributed by atoms with van der Waals surface area (Å²) >= 11 is 2.86. The minimum atomic E-state index is -0.246. The van der Waals surface area contributed by atoms with Crippen LogP contribution in [-0.4, -0.2) is 30.1 Å². The summed E-state index contributed by atoms with van der Waals surface area (Å²) in [5.74, 6) is 1.81. The molecule has 9 heteroatoms. The van der Waals surface area contributed by atoms with Gasteiger partial charge in [-0.1, -0.05) is 0 Å². The summed E-state index contributed by atoms with van der Waals surface area (Å²) in [6.45, 7) is 0.394. The lowest BCUT2D eigenvalue weighted by Gasteiger charge is -2.08. The van der Waals surface area contributed by atoms with Crippen LogP contribution in [0.1, 0.15) is 16.1 Å². The number of anilines is 1. The molecule has 2 aromatic heterocycles. The first-order chi connectivity index (χ1) is 15.2. The maximum Gasteiger partial charge on any atom is 0.257 e. The molecule has 0 saturated heterocycles. The monoisotopic (exact) mass is 453 g/mol. The van der Waals surface area contributed by atoms with Gasteiger partial charge in [-0.15, -0.1) is 22.7 Å². The molecule has 0 atom stereocenters. The molecule has 4 rings (SSSR count). The lowest BCUT2D eigenvalue weighted by atomic mass is 10.1. The zero-order chi connectivity index (χ0) is 21.6. The van der Waals surface area contributed by atoms with Gasteiger partial charge in [-0.3, -0.25) is 10.1 Å². The first kappa shape index (κ1) is 20.8. The number of hydrogen-bond donors (Lipinski definition) is 1. The second-order valence-corrected chi connectivity index (χ2v) is 7.93. The molecule has 0 aliphatic carbocycles. The summed E-state index contributed by atoms with van der Waals surface area (Å²) in [4.78, 5) is 21.3. The molecule has 1 N–H and O–H groups in total. The number of carbonyl (C=O) groups excluding carboxylic acids is 1. The molecule has 0 radical (unpaired) electrons. The SMILES string of the molecule is COc1ccc(OC)c(-c2csc(NC(=O)c3ccc(OCc4cscn4)cc3)n2)c1. The number of amides is 1. The molecule has 0 aliphatic heterocycles. The van der Waals surface area contributed by atoms with Crippen LogP contribution in [0.15, 0.2) is 58.7 Å². The van der Waals surface area contributed by atoms with E-state index in [-0.39, 0.29) is 5.91 Å². The lowest BCUT2D eigenvalue weighted by Crippen LogP contribution is -2.11. The molecule has 7 nitrogen and oxygen atoms in total. The van der Waals surface area contributed by atoms with Crippen molar-refractivity contribution < 1.29 is 19.0 Å². The van der Waals surface area contributed by atoms with E-state index in [1.807, 2.05) is 29.0 Å². The normalized spacial score (nSPS) is 10.5. The number of thiazole rings is 2. The van der Waals surface area contributed by atoms with Gasteiger partial charge < -0.3 is 14.2 Å². The van der Waals surface area contributed by atoms with Crippen LogP contribution >= 0.6 is 22.7 Å². The largest absolute Gasteiger partial charge is 0.497 e. The number of carbonyl (C=O) groups is 1. The second-order valence-electron chi connectivity index (χ2n) is 6.35. The Morgan fingerprint density at radius 1 is 1.03 bits per heavy atom. The van der Waals surface area contributed by atoms with Gasteiger partial charge >= 0.3 is 0 Å². The molecular formula is C22H19N3O4S2. The minimum Gasteiger partial charge on any atom is -0.497 e. The van der Waals surface area contributed by atoms with Gasteiger partial charge in [-0.2, -0.15) is 0 Å². The summed E-state index contributed by atoms with van der Waals surface area (Å²) in [5, 5.41) is 7.13. The Morgan fingerprint density at radius 3 is 2.55 bits per heavy atom. The van der Waals surface area contributed by atoms with E-state index in [1.54, 1.807) is 44.0 Å². The van der Waals surface area contributed by atoms with Crippen molar-refractivity contribution in [3.8, 4) is 28.5 Å². The molecule has 0 spiro atoms. The van der Waals surface area contributed by atoms with Gasteiger partial charge in [0.05, 0.1) is 31.1 Å². The van der Waals surface area contributed by atoms with E-state index in [9.17, 15) is 4.79 Å². The highest BCUT2D eigenvalue weighted by atomic mass is 32.1. The molecule has 4 aromatic rings. The van der Waals surface area contributed by atoms with Crippen LogP contribution in [0.3, 0.4) is 0 Å². The molecule has 0 unspecified atom stereocenters.